The van der Waals surface area contributed by atoms with Crippen LogP contribution >= 0.6 is 23.2 Å². The van der Waals surface area contributed by atoms with Gasteiger partial charge in [-0.15, -0.1) is 0 Å². The summed E-state index contributed by atoms with van der Waals surface area (Å²) in [7, 11) is 0. The van der Waals surface area contributed by atoms with Crippen LogP contribution in [-0.4, -0.2) is 43.7 Å². The molecule has 1 heterocycles. The van der Waals surface area contributed by atoms with E-state index in [4.69, 9.17) is 27.9 Å². The van der Waals surface area contributed by atoms with Crippen LogP contribution in [-0.2, 0) is 9.53 Å². The van der Waals surface area contributed by atoms with Crippen LogP contribution in [0.25, 0.3) is 0 Å². The van der Waals surface area contributed by atoms with Crippen molar-refractivity contribution in [1.82, 2.24) is 10.2 Å². The molecule has 0 aromatic heterocycles. The number of esters is 1. The first-order chi connectivity index (χ1) is 10.1. The molecule has 1 aliphatic rings. The molecular formula is C15H20Cl2N2O2. The van der Waals surface area contributed by atoms with Crippen LogP contribution in [0.2, 0.25) is 10.0 Å². The average molecular weight is 331 g/mol. The van der Waals surface area contributed by atoms with Gasteiger partial charge in [0.25, 0.3) is 0 Å². The third-order valence-corrected chi connectivity index (χ3v) is 4.18. The van der Waals surface area contributed by atoms with Gasteiger partial charge < -0.3 is 10.1 Å². The number of carbonyl (C=O) groups is 1. The molecule has 1 fully saturated rings. The van der Waals surface area contributed by atoms with Crippen LogP contribution in [0.5, 0.6) is 0 Å². The summed E-state index contributed by atoms with van der Waals surface area (Å²) in [5.41, 5.74) is 0.640. The molecule has 1 aliphatic heterocycles. The fraction of sp³-hybridized carbons (Fsp3) is 0.533. The lowest BCUT2D eigenvalue weighted by atomic mass is 10.0. The van der Waals surface area contributed by atoms with Crippen LogP contribution in [0.3, 0.4) is 0 Å². The van der Waals surface area contributed by atoms with Gasteiger partial charge in [0.1, 0.15) is 6.04 Å². The normalized spacial score (nSPS) is 18.0. The van der Waals surface area contributed by atoms with E-state index in [9.17, 15) is 4.79 Å². The summed E-state index contributed by atoms with van der Waals surface area (Å²) in [6.45, 7) is 5.47. The minimum absolute atomic E-state index is 0.297. The summed E-state index contributed by atoms with van der Waals surface area (Å²) in [5, 5.41) is 4.32. The Kier molecular flexibility index (Phi) is 6.30. The first-order valence-corrected chi connectivity index (χ1v) is 7.96. The van der Waals surface area contributed by atoms with E-state index in [-0.39, 0.29) is 5.97 Å². The monoisotopic (exact) mass is 330 g/mol. The maximum Gasteiger partial charge on any atom is 0.328 e. The standard InChI is InChI=1S/C15H20Cl2N2O2/c1-2-21-15(20)14(19-9-4-7-18-8-10-19)13-11(16)5-3-6-12(13)17/h3,5-6,14,18H,2,4,7-10H2,1H3. The number of rotatable bonds is 4. The highest BCUT2D eigenvalue weighted by Gasteiger charge is 2.32. The highest BCUT2D eigenvalue weighted by molar-refractivity contribution is 6.36. The van der Waals surface area contributed by atoms with Gasteiger partial charge in [0.2, 0.25) is 0 Å². The first-order valence-electron chi connectivity index (χ1n) is 7.20. The Morgan fingerprint density at radius 2 is 2.05 bits per heavy atom. The van der Waals surface area contributed by atoms with Gasteiger partial charge in [-0.1, -0.05) is 29.3 Å². The number of nitrogens with zero attached hydrogens (tertiary/aromatic N) is 1. The van der Waals surface area contributed by atoms with Gasteiger partial charge in [-0.25, -0.2) is 4.79 Å². The lowest BCUT2D eigenvalue weighted by Crippen LogP contribution is -2.38. The lowest BCUT2D eigenvalue weighted by molar-refractivity contribution is -0.149. The van der Waals surface area contributed by atoms with Crippen molar-refractivity contribution in [1.29, 1.82) is 0 Å². The molecule has 1 aromatic carbocycles. The van der Waals surface area contributed by atoms with Gasteiger partial charge in [0, 0.05) is 35.2 Å². The second kappa shape index (κ2) is 7.99. The van der Waals surface area contributed by atoms with E-state index in [1.54, 1.807) is 25.1 Å². The molecule has 0 amide bonds. The highest BCUT2D eigenvalue weighted by atomic mass is 35.5. The van der Waals surface area contributed by atoms with E-state index in [1.165, 1.54) is 0 Å². The third kappa shape index (κ3) is 4.10. The Labute approximate surface area is 135 Å². The van der Waals surface area contributed by atoms with Crippen molar-refractivity contribution in [2.24, 2.45) is 0 Å². The molecule has 1 saturated heterocycles. The van der Waals surface area contributed by atoms with E-state index in [1.807, 2.05) is 0 Å². The van der Waals surface area contributed by atoms with Gasteiger partial charge >= 0.3 is 5.97 Å². The molecule has 2 rings (SSSR count). The van der Waals surface area contributed by atoms with Crippen LogP contribution in [0.1, 0.15) is 24.9 Å². The van der Waals surface area contributed by atoms with Crippen molar-refractivity contribution in [3.8, 4) is 0 Å². The van der Waals surface area contributed by atoms with Gasteiger partial charge in [-0.2, -0.15) is 0 Å². The Morgan fingerprint density at radius 3 is 2.71 bits per heavy atom. The van der Waals surface area contributed by atoms with Crippen molar-refractivity contribution in [2.75, 3.05) is 32.8 Å². The molecule has 0 spiro atoms. The van der Waals surface area contributed by atoms with Crippen LogP contribution in [0.4, 0.5) is 0 Å². The van der Waals surface area contributed by atoms with Crippen molar-refractivity contribution < 1.29 is 9.53 Å². The van der Waals surface area contributed by atoms with Gasteiger partial charge in [0.15, 0.2) is 0 Å². The number of ether oxygens (including phenoxy) is 1. The average Bonchev–Trinajstić information content (AvgIpc) is 2.72. The summed E-state index contributed by atoms with van der Waals surface area (Å²) < 4.78 is 5.24. The third-order valence-electron chi connectivity index (χ3n) is 3.52. The summed E-state index contributed by atoms with van der Waals surface area (Å²) in [4.78, 5) is 14.5. The number of hydrogen-bond acceptors (Lipinski definition) is 4. The number of halogens is 2. The van der Waals surface area contributed by atoms with E-state index in [0.29, 0.717) is 22.2 Å². The topological polar surface area (TPSA) is 41.6 Å². The lowest BCUT2D eigenvalue weighted by Gasteiger charge is -2.30. The summed E-state index contributed by atoms with van der Waals surface area (Å²) in [6.07, 6.45) is 0.970. The minimum atomic E-state index is -0.550. The number of benzene rings is 1. The van der Waals surface area contributed by atoms with E-state index in [2.05, 4.69) is 10.2 Å². The second-order valence-electron chi connectivity index (χ2n) is 4.93. The Bertz CT molecular complexity index is 468. The Balaban J connectivity index is 2.37. The quantitative estimate of drug-likeness (QED) is 0.862. The van der Waals surface area contributed by atoms with Gasteiger partial charge in [-0.05, 0) is 32.0 Å². The predicted octanol–water partition coefficient (Wildman–Crippen LogP) is 2.89. The summed E-state index contributed by atoms with van der Waals surface area (Å²) in [5.74, 6) is -0.297. The molecular weight excluding hydrogens is 311 g/mol. The minimum Gasteiger partial charge on any atom is -0.465 e. The number of carbonyl (C=O) groups excluding carboxylic acids is 1. The molecule has 1 unspecified atom stereocenters. The van der Waals surface area contributed by atoms with E-state index < -0.39 is 6.04 Å². The van der Waals surface area contributed by atoms with Gasteiger partial charge in [-0.3, -0.25) is 4.90 Å². The number of nitrogens with one attached hydrogen (secondary N) is 1. The van der Waals surface area contributed by atoms with Crippen molar-refractivity contribution in [2.45, 2.75) is 19.4 Å². The molecule has 0 bridgehead atoms. The predicted molar refractivity (Wildman–Crippen MR) is 84.9 cm³/mol. The van der Waals surface area contributed by atoms with E-state index in [0.717, 1.165) is 32.6 Å². The zero-order chi connectivity index (χ0) is 15.2. The van der Waals surface area contributed by atoms with Crippen LogP contribution in [0.15, 0.2) is 18.2 Å². The Hall–Kier alpha value is -0.810. The maximum atomic E-state index is 12.5. The molecule has 0 radical (unpaired) electrons. The molecule has 1 aromatic rings. The molecule has 21 heavy (non-hydrogen) atoms. The first kappa shape index (κ1) is 16.6. The fourth-order valence-corrected chi connectivity index (χ4v) is 3.17. The fourth-order valence-electron chi connectivity index (χ4n) is 2.57. The SMILES string of the molecule is CCOC(=O)C(c1c(Cl)cccc1Cl)N1CCCNCC1. The zero-order valence-electron chi connectivity index (χ0n) is 12.1. The van der Waals surface area contributed by atoms with Crippen molar-refractivity contribution >= 4 is 29.2 Å². The van der Waals surface area contributed by atoms with E-state index >= 15 is 0 Å². The Morgan fingerprint density at radius 1 is 1.33 bits per heavy atom. The molecule has 0 aliphatic carbocycles. The molecule has 0 saturated carbocycles. The molecule has 1 N–H and O–H groups in total. The largest absolute Gasteiger partial charge is 0.465 e. The molecule has 1 atom stereocenters. The smallest absolute Gasteiger partial charge is 0.328 e. The number of hydrogen-bond donors (Lipinski definition) is 1. The highest BCUT2D eigenvalue weighted by Crippen LogP contribution is 2.34. The summed E-state index contributed by atoms with van der Waals surface area (Å²) in [6, 6.07) is 4.74. The zero-order valence-corrected chi connectivity index (χ0v) is 13.6. The molecule has 116 valence electrons. The second-order valence-corrected chi connectivity index (χ2v) is 5.74. The van der Waals surface area contributed by atoms with Crippen molar-refractivity contribution in [3.05, 3.63) is 33.8 Å². The van der Waals surface area contributed by atoms with Crippen LogP contribution < -0.4 is 5.32 Å². The molecule has 4 nitrogen and oxygen atoms in total. The van der Waals surface area contributed by atoms with Gasteiger partial charge in [0.05, 0.1) is 6.61 Å². The maximum absolute atomic E-state index is 12.5. The van der Waals surface area contributed by atoms with Crippen molar-refractivity contribution in [3.63, 3.8) is 0 Å². The summed E-state index contributed by atoms with van der Waals surface area (Å²) >= 11 is 12.6. The van der Waals surface area contributed by atoms with Crippen LogP contribution in [0, 0.1) is 0 Å². The molecule has 6 heteroatoms.